The lowest BCUT2D eigenvalue weighted by Crippen LogP contribution is -2.54. The molecule has 386 valence electrons. The zero-order chi connectivity index (χ0) is 51.9. The van der Waals surface area contributed by atoms with Crippen LogP contribution in [0.1, 0.15) is 119 Å². The van der Waals surface area contributed by atoms with Crippen LogP contribution in [0.2, 0.25) is 0 Å². The molecule has 1 aromatic carbocycles. The van der Waals surface area contributed by atoms with Crippen molar-refractivity contribution in [3.05, 3.63) is 64.3 Å². The second kappa shape index (κ2) is 27.5. The van der Waals surface area contributed by atoms with Crippen molar-refractivity contribution in [2.24, 2.45) is 35.5 Å². The molecule has 0 aliphatic carbocycles. The summed E-state index contributed by atoms with van der Waals surface area (Å²) in [7, 11) is 9.02. The number of carbonyl (C=O) groups is 5. The predicted molar refractivity (Wildman–Crippen MR) is 270 cm³/mol. The van der Waals surface area contributed by atoms with Crippen LogP contribution in [0, 0.1) is 45.6 Å². The van der Waals surface area contributed by atoms with Crippen LogP contribution in [-0.4, -0.2) is 136 Å². The number of aromatic nitrogens is 1. The summed E-state index contributed by atoms with van der Waals surface area (Å²) in [6.45, 7) is 19.4. The van der Waals surface area contributed by atoms with Crippen LogP contribution in [0.5, 0.6) is 0 Å². The van der Waals surface area contributed by atoms with E-state index >= 15 is 0 Å². The zero-order valence-electron chi connectivity index (χ0n) is 43.3. The molecule has 2 aromatic rings. The first-order valence-corrected chi connectivity index (χ1v) is 26.3. The number of nitro groups is 1. The second-order valence-electron chi connectivity index (χ2n) is 20.0. The number of hydrogen-bond acceptors (Lipinski definition) is 14. The molecule has 0 bridgehead atoms. The number of aliphatic hydroxyl groups is 1. The minimum Gasteiger partial charge on any atom is -0.448 e. The fourth-order valence-electron chi connectivity index (χ4n) is 9.34. The Bertz CT molecular complexity index is 1990. The summed E-state index contributed by atoms with van der Waals surface area (Å²) in [5.74, 6) is -3.01. The van der Waals surface area contributed by atoms with E-state index in [1.54, 1.807) is 30.0 Å². The Morgan fingerprint density at radius 2 is 1.55 bits per heavy atom. The average Bonchev–Trinajstić information content (AvgIpc) is 3.81. The van der Waals surface area contributed by atoms with Crippen molar-refractivity contribution < 1.29 is 48.2 Å². The molecule has 10 atom stereocenters. The van der Waals surface area contributed by atoms with Crippen LogP contribution in [-0.2, 0) is 33.4 Å². The first kappa shape index (κ1) is 59.2. The molecule has 1 saturated heterocycles. The van der Waals surface area contributed by atoms with Gasteiger partial charge in [0.05, 0.1) is 52.5 Å². The lowest BCUT2D eigenvalue weighted by Gasteiger charge is -2.41. The molecular formula is C51H79N5O11S2. The number of benzene rings is 1. The van der Waals surface area contributed by atoms with E-state index in [-0.39, 0.29) is 84.7 Å². The second-order valence-corrected chi connectivity index (χ2v) is 22.9. The molecule has 0 radical (unpaired) electrons. The van der Waals surface area contributed by atoms with E-state index in [1.807, 2.05) is 99.6 Å². The minimum atomic E-state index is -0.882. The maximum Gasteiger partial charge on any atom is 0.410 e. The number of hydrogen-bond donors (Lipinski definition) is 1. The van der Waals surface area contributed by atoms with Crippen LogP contribution in [0.3, 0.4) is 0 Å². The number of amides is 3. The number of nitrogens with zero attached hydrogens (tertiary/aromatic N) is 5. The SMILES string of the molecule is CC[C@H](C)[C@@H]([C@@H](CC(=O)N1CCC[C@H]1[C@H](OC)[C@@H](C)C(=O)C[C@H](C)[C@@H](O)c1ccccc1)OC)N(C)C(=O)[C@@H](CC(=O)[C@H](C(C)C)N(C)C(=O)OCC(C)(C)SSc1ccc([N+](=O)[O-])cn1)C(C)C. The van der Waals surface area contributed by atoms with Crippen LogP contribution in [0.15, 0.2) is 53.7 Å². The number of methoxy groups -OCH3 is 2. The average molecular weight is 1000 g/mol. The number of rotatable bonds is 28. The minimum absolute atomic E-state index is 0.00274. The summed E-state index contributed by atoms with van der Waals surface area (Å²) in [5.41, 5.74) is 0.638. The van der Waals surface area contributed by atoms with Gasteiger partial charge in [-0.3, -0.25) is 29.3 Å². The van der Waals surface area contributed by atoms with Gasteiger partial charge in [0, 0.05) is 65.6 Å². The number of likely N-dealkylation sites (N-methyl/N-ethyl adjacent to an activating group) is 2. The van der Waals surface area contributed by atoms with Crippen LogP contribution < -0.4 is 0 Å². The largest absolute Gasteiger partial charge is 0.448 e. The van der Waals surface area contributed by atoms with E-state index in [0.717, 1.165) is 12.0 Å². The van der Waals surface area contributed by atoms with E-state index in [1.165, 1.54) is 52.9 Å². The normalized spacial score (nSPS) is 18.1. The first-order chi connectivity index (χ1) is 32.4. The first-order valence-electron chi connectivity index (χ1n) is 24.2. The topological polar surface area (TPSA) is 199 Å². The number of Topliss-reactive ketones (excluding diaryl/α,β-unsaturated/α-hetero) is 2. The highest BCUT2D eigenvalue weighted by Gasteiger charge is 2.44. The molecule has 3 rings (SSSR count). The Morgan fingerprint density at radius 3 is 2.09 bits per heavy atom. The molecule has 3 amide bonds. The van der Waals surface area contributed by atoms with Gasteiger partial charge in [-0.25, -0.2) is 9.78 Å². The lowest BCUT2D eigenvalue weighted by molar-refractivity contribution is -0.385. The van der Waals surface area contributed by atoms with E-state index in [9.17, 15) is 39.2 Å². The molecule has 1 aromatic heterocycles. The van der Waals surface area contributed by atoms with Crippen molar-refractivity contribution in [2.45, 2.75) is 154 Å². The summed E-state index contributed by atoms with van der Waals surface area (Å²) < 4.78 is 17.2. The Labute approximate surface area is 418 Å². The molecule has 1 N–H and O–H groups in total. The van der Waals surface area contributed by atoms with E-state index in [0.29, 0.717) is 24.4 Å². The molecule has 18 heteroatoms. The Morgan fingerprint density at radius 1 is 0.899 bits per heavy atom. The van der Waals surface area contributed by atoms with Gasteiger partial charge >= 0.3 is 6.09 Å². The summed E-state index contributed by atoms with van der Waals surface area (Å²) >= 11 is 0. The van der Waals surface area contributed by atoms with Gasteiger partial charge in [0.15, 0.2) is 5.78 Å². The highest BCUT2D eigenvalue weighted by molar-refractivity contribution is 8.77. The maximum atomic E-state index is 14.7. The van der Waals surface area contributed by atoms with Crippen molar-refractivity contribution in [3.63, 3.8) is 0 Å². The quantitative estimate of drug-likeness (QED) is 0.0481. The number of ketones is 2. The lowest BCUT2D eigenvalue weighted by atomic mass is 9.83. The standard InChI is InChI=1S/C51H79N5O11S2/c1-15-33(6)46(42(65-13)28-44(59)55-25-19-22-39(55)48(66-14)35(8)40(57)26-34(7)47(60)36-20-17-16-18-21-36)53(11)49(61)38(31(2)3)27-41(58)45(32(4)5)54(12)50(62)67-30-51(9,10)69-68-43-24-23-37(29-52-43)56(63)64/h16-18,20-21,23-24,29,31-35,38-39,42,45-48,60H,15,19,22,25-28,30H2,1-14H3/t33-,34-,35-,38-,39-,42+,45-,46-,47+,48+/m0/s1. The molecule has 16 nitrogen and oxygen atoms in total. The highest BCUT2D eigenvalue weighted by Crippen LogP contribution is 2.40. The molecule has 1 aliphatic rings. The molecule has 1 fully saturated rings. The molecule has 1 aliphatic heterocycles. The fraction of sp³-hybridized carbons (Fsp3) is 0.686. The number of carbonyl (C=O) groups excluding carboxylic acids is 5. The van der Waals surface area contributed by atoms with Gasteiger partial charge < -0.3 is 34.0 Å². The number of aliphatic hydroxyl groups excluding tert-OH is 1. The molecule has 0 spiro atoms. The van der Waals surface area contributed by atoms with Crippen molar-refractivity contribution in [1.29, 1.82) is 0 Å². The smallest absolute Gasteiger partial charge is 0.410 e. The summed E-state index contributed by atoms with van der Waals surface area (Å²) in [6, 6.07) is 10.4. The third-order valence-electron chi connectivity index (χ3n) is 13.6. The Kier molecular flexibility index (Phi) is 23.6. The number of ether oxygens (including phenoxy) is 3. The van der Waals surface area contributed by atoms with Gasteiger partial charge in [-0.1, -0.05) is 103 Å². The third kappa shape index (κ3) is 16.5. The van der Waals surface area contributed by atoms with Gasteiger partial charge in [0.25, 0.3) is 5.69 Å². The zero-order valence-corrected chi connectivity index (χ0v) is 44.9. The van der Waals surface area contributed by atoms with Gasteiger partial charge in [0.2, 0.25) is 11.8 Å². The van der Waals surface area contributed by atoms with Gasteiger partial charge in [-0.15, -0.1) is 0 Å². The van der Waals surface area contributed by atoms with Crippen molar-refractivity contribution in [2.75, 3.05) is 41.5 Å². The van der Waals surface area contributed by atoms with E-state index < -0.39 is 58.0 Å². The molecule has 0 unspecified atom stereocenters. The molecular weight excluding hydrogens is 923 g/mol. The van der Waals surface area contributed by atoms with E-state index in [2.05, 4.69) is 4.98 Å². The Balaban J connectivity index is 1.72. The van der Waals surface area contributed by atoms with Gasteiger partial charge in [-0.2, -0.15) is 0 Å². The van der Waals surface area contributed by atoms with Crippen LogP contribution in [0.25, 0.3) is 0 Å². The molecule has 2 heterocycles. The fourth-order valence-corrected chi connectivity index (χ4v) is 11.3. The summed E-state index contributed by atoms with van der Waals surface area (Å²) in [6.07, 6.45) is 0.524. The number of pyridine rings is 1. The molecule has 0 saturated carbocycles. The third-order valence-corrected chi connectivity index (χ3v) is 16.8. The van der Waals surface area contributed by atoms with Gasteiger partial charge in [-0.05, 0) is 72.8 Å². The van der Waals surface area contributed by atoms with Crippen molar-refractivity contribution in [1.82, 2.24) is 19.7 Å². The van der Waals surface area contributed by atoms with E-state index in [4.69, 9.17) is 14.2 Å². The van der Waals surface area contributed by atoms with Crippen molar-refractivity contribution in [3.8, 4) is 0 Å². The van der Waals surface area contributed by atoms with Crippen molar-refractivity contribution >= 4 is 56.7 Å². The summed E-state index contributed by atoms with van der Waals surface area (Å²) in [5, 5.41) is 22.5. The van der Waals surface area contributed by atoms with Gasteiger partial charge in [0.1, 0.15) is 23.6 Å². The number of likely N-dealkylation sites (tertiary alicyclic amines) is 1. The highest BCUT2D eigenvalue weighted by atomic mass is 33.1. The van der Waals surface area contributed by atoms with Crippen LogP contribution >= 0.6 is 21.6 Å². The summed E-state index contributed by atoms with van der Waals surface area (Å²) in [4.78, 5) is 90.0. The Hall–Kier alpha value is -4.10. The predicted octanol–water partition coefficient (Wildman–Crippen LogP) is 9.08. The molecule has 69 heavy (non-hydrogen) atoms. The maximum absolute atomic E-state index is 14.7. The van der Waals surface area contributed by atoms with Crippen LogP contribution in [0.4, 0.5) is 10.5 Å². The monoisotopic (exact) mass is 1000 g/mol.